The van der Waals surface area contributed by atoms with Gasteiger partial charge in [-0.2, -0.15) is 5.10 Å². The maximum Gasteiger partial charge on any atom is 0.182 e. The average Bonchev–Trinajstić information content (AvgIpc) is 2.83. The molecule has 0 aromatic carbocycles. The molecule has 1 atom stereocenters. The summed E-state index contributed by atoms with van der Waals surface area (Å²) >= 11 is 0. The molecule has 17 heavy (non-hydrogen) atoms. The summed E-state index contributed by atoms with van der Waals surface area (Å²) in [5.41, 5.74) is 2.03. The van der Waals surface area contributed by atoms with Crippen LogP contribution >= 0.6 is 0 Å². The van der Waals surface area contributed by atoms with E-state index in [2.05, 4.69) is 32.1 Å². The zero-order valence-corrected chi connectivity index (χ0v) is 10.3. The van der Waals surface area contributed by atoms with Gasteiger partial charge in [-0.1, -0.05) is 0 Å². The molecule has 0 bridgehead atoms. The molecule has 0 fully saturated rings. The highest BCUT2D eigenvalue weighted by Crippen LogP contribution is 2.23. The zero-order valence-electron chi connectivity index (χ0n) is 10.3. The van der Waals surface area contributed by atoms with Crippen LogP contribution in [0, 0.1) is 6.92 Å². The van der Waals surface area contributed by atoms with Gasteiger partial charge in [0.1, 0.15) is 11.5 Å². The van der Waals surface area contributed by atoms with Crippen molar-refractivity contribution in [2.45, 2.75) is 26.4 Å². The number of rotatable bonds is 1. The molecule has 6 heteroatoms. The Hall–Kier alpha value is -1.69. The van der Waals surface area contributed by atoms with Crippen LogP contribution < -0.4 is 5.32 Å². The number of aryl methyl sites for hydroxylation is 2. The molecular formula is C11H16N6. The summed E-state index contributed by atoms with van der Waals surface area (Å²) in [4.78, 5) is 0. The van der Waals surface area contributed by atoms with Gasteiger partial charge in [0.15, 0.2) is 5.82 Å². The Morgan fingerprint density at radius 3 is 2.94 bits per heavy atom. The van der Waals surface area contributed by atoms with Crippen molar-refractivity contribution in [2.75, 3.05) is 6.54 Å². The number of nitrogens with zero attached hydrogens (tertiary/aromatic N) is 5. The minimum Gasteiger partial charge on any atom is -0.307 e. The fraction of sp³-hybridized carbons (Fsp3) is 0.545. The van der Waals surface area contributed by atoms with E-state index in [4.69, 9.17) is 0 Å². The molecule has 2 aromatic rings. The molecule has 0 spiro atoms. The van der Waals surface area contributed by atoms with Gasteiger partial charge in [0.2, 0.25) is 0 Å². The van der Waals surface area contributed by atoms with E-state index in [1.54, 1.807) is 0 Å². The van der Waals surface area contributed by atoms with Crippen molar-refractivity contribution >= 4 is 0 Å². The Balaban J connectivity index is 2.13. The van der Waals surface area contributed by atoms with Crippen LogP contribution in [0.2, 0.25) is 0 Å². The predicted octanol–water partition coefficient (Wildman–Crippen LogP) is 0.651. The number of hydrogen-bond acceptors (Lipinski definition) is 4. The van der Waals surface area contributed by atoms with Gasteiger partial charge < -0.3 is 9.88 Å². The first-order chi connectivity index (χ1) is 8.16. The molecule has 3 heterocycles. The molecule has 1 N–H and O–H groups in total. The first kappa shape index (κ1) is 10.5. The quantitative estimate of drug-likeness (QED) is 0.784. The zero-order chi connectivity index (χ0) is 12.0. The summed E-state index contributed by atoms with van der Waals surface area (Å²) in [6.45, 7) is 5.96. The van der Waals surface area contributed by atoms with E-state index in [1.165, 1.54) is 0 Å². The second-order valence-electron chi connectivity index (χ2n) is 4.50. The van der Waals surface area contributed by atoms with E-state index in [0.29, 0.717) is 0 Å². The maximum atomic E-state index is 4.35. The van der Waals surface area contributed by atoms with E-state index in [0.717, 1.165) is 36.1 Å². The van der Waals surface area contributed by atoms with Crippen LogP contribution in [0.5, 0.6) is 0 Å². The van der Waals surface area contributed by atoms with Crippen molar-refractivity contribution in [3.63, 3.8) is 0 Å². The molecule has 0 aliphatic carbocycles. The molecule has 90 valence electrons. The number of aromatic nitrogens is 5. The lowest BCUT2D eigenvalue weighted by atomic mass is 10.2. The van der Waals surface area contributed by atoms with Gasteiger partial charge >= 0.3 is 0 Å². The lowest BCUT2D eigenvalue weighted by molar-refractivity contribution is 0.438. The van der Waals surface area contributed by atoms with Crippen molar-refractivity contribution in [3.8, 4) is 11.5 Å². The average molecular weight is 232 g/mol. The summed E-state index contributed by atoms with van der Waals surface area (Å²) in [5, 5.41) is 16.3. The van der Waals surface area contributed by atoms with Crippen LogP contribution in [0.25, 0.3) is 11.5 Å². The van der Waals surface area contributed by atoms with Gasteiger partial charge in [-0.15, -0.1) is 10.2 Å². The standard InChI is InChI=1S/C11H16N6/c1-7-6-9(16(3)15-7)11-14-13-10-8(2)12-4-5-17(10)11/h6,8,12H,4-5H2,1-3H3/t8-/m1/s1. The number of hydrogen-bond donors (Lipinski definition) is 1. The van der Waals surface area contributed by atoms with Crippen molar-refractivity contribution in [1.29, 1.82) is 0 Å². The van der Waals surface area contributed by atoms with E-state index in [1.807, 2.05) is 24.7 Å². The highest BCUT2D eigenvalue weighted by Gasteiger charge is 2.23. The molecule has 2 aromatic heterocycles. The predicted molar refractivity (Wildman–Crippen MR) is 63.4 cm³/mol. The fourth-order valence-electron chi connectivity index (χ4n) is 2.35. The third-order valence-electron chi connectivity index (χ3n) is 3.18. The molecule has 0 saturated carbocycles. The highest BCUT2D eigenvalue weighted by molar-refractivity contribution is 5.51. The monoisotopic (exact) mass is 232 g/mol. The van der Waals surface area contributed by atoms with Crippen molar-refractivity contribution in [2.24, 2.45) is 7.05 Å². The summed E-state index contributed by atoms with van der Waals surface area (Å²) in [7, 11) is 1.94. The molecule has 0 amide bonds. The molecule has 0 unspecified atom stereocenters. The Morgan fingerprint density at radius 1 is 1.41 bits per heavy atom. The SMILES string of the molecule is Cc1cc(-c2nnc3n2CCN[C@@H]3C)n(C)n1. The summed E-state index contributed by atoms with van der Waals surface area (Å²) < 4.78 is 4.04. The van der Waals surface area contributed by atoms with Gasteiger partial charge in [0, 0.05) is 20.1 Å². The van der Waals surface area contributed by atoms with Crippen LogP contribution in [-0.4, -0.2) is 31.1 Å². The van der Waals surface area contributed by atoms with Gasteiger partial charge in [0.25, 0.3) is 0 Å². The first-order valence-electron chi connectivity index (χ1n) is 5.84. The topological polar surface area (TPSA) is 60.6 Å². The summed E-state index contributed by atoms with van der Waals surface area (Å²) in [6, 6.07) is 2.31. The Labute approximate surface area is 99.7 Å². The molecular weight excluding hydrogens is 216 g/mol. The Bertz CT molecular complexity index is 552. The van der Waals surface area contributed by atoms with E-state index in [-0.39, 0.29) is 6.04 Å². The molecule has 0 saturated heterocycles. The second kappa shape index (κ2) is 3.66. The lowest BCUT2D eigenvalue weighted by Crippen LogP contribution is -2.32. The number of nitrogens with one attached hydrogen (secondary N) is 1. The Kier molecular flexibility index (Phi) is 2.25. The summed E-state index contributed by atoms with van der Waals surface area (Å²) in [5.74, 6) is 1.92. The molecule has 0 radical (unpaired) electrons. The molecule has 6 nitrogen and oxygen atoms in total. The second-order valence-corrected chi connectivity index (χ2v) is 4.50. The largest absolute Gasteiger partial charge is 0.307 e. The Morgan fingerprint density at radius 2 is 2.24 bits per heavy atom. The van der Waals surface area contributed by atoms with E-state index in [9.17, 15) is 0 Å². The highest BCUT2D eigenvalue weighted by atomic mass is 15.3. The fourth-order valence-corrected chi connectivity index (χ4v) is 2.35. The maximum absolute atomic E-state index is 4.35. The minimum absolute atomic E-state index is 0.263. The third-order valence-corrected chi connectivity index (χ3v) is 3.18. The van der Waals surface area contributed by atoms with Crippen LogP contribution in [0.1, 0.15) is 24.5 Å². The van der Waals surface area contributed by atoms with Crippen LogP contribution in [0.15, 0.2) is 6.07 Å². The summed E-state index contributed by atoms with van der Waals surface area (Å²) in [6.07, 6.45) is 0. The lowest BCUT2D eigenvalue weighted by Gasteiger charge is -2.21. The van der Waals surface area contributed by atoms with Gasteiger partial charge in [-0.3, -0.25) is 4.68 Å². The minimum atomic E-state index is 0.263. The van der Waals surface area contributed by atoms with Crippen molar-refractivity contribution < 1.29 is 0 Å². The van der Waals surface area contributed by atoms with Crippen molar-refractivity contribution in [1.82, 2.24) is 29.9 Å². The smallest absolute Gasteiger partial charge is 0.182 e. The van der Waals surface area contributed by atoms with Crippen LogP contribution in [0.3, 0.4) is 0 Å². The third kappa shape index (κ3) is 1.56. The van der Waals surface area contributed by atoms with E-state index >= 15 is 0 Å². The van der Waals surface area contributed by atoms with Gasteiger partial charge in [-0.25, -0.2) is 0 Å². The van der Waals surface area contributed by atoms with Gasteiger partial charge in [0.05, 0.1) is 11.7 Å². The van der Waals surface area contributed by atoms with Crippen LogP contribution in [0.4, 0.5) is 0 Å². The molecule has 1 aliphatic heterocycles. The van der Waals surface area contributed by atoms with Crippen LogP contribution in [-0.2, 0) is 13.6 Å². The molecule has 3 rings (SSSR count). The normalized spacial score (nSPS) is 19.4. The molecule has 1 aliphatic rings. The van der Waals surface area contributed by atoms with Crippen molar-refractivity contribution in [3.05, 3.63) is 17.6 Å². The number of fused-ring (bicyclic) bond motifs is 1. The first-order valence-corrected chi connectivity index (χ1v) is 5.84. The van der Waals surface area contributed by atoms with Gasteiger partial charge in [-0.05, 0) is 19.9 Å². The van der Waals surface area contributed by atoms with E-state index < -0.39 is 0 Å².